The Morgan fingerprint density at radius 2 is 2.20 bits per heavy atom. The van der Waals surface area contributed by atoms with Crippen LogP contribution in [0.3, 0.4) is 0 Å². The highest BCUT2D eigenvalue weighted by atomic mass is 16.3. The molecule has 20 heavy (non-hydrogen) atoms. The first kappa shape index (κ1) is 14.5. The van der Waals surface area contributed by atoms with E-state index >= 15 is 0 Å². The molecule has 0 radical (unpaired) electrons. The van der Waals surface area contributed by atoms with Gasteiger partial charge in [0.1, 0.15) is 5.52 Å². The smallest absolute Gasteiger partial charge is 0.351 e. The number of aliphatic hydroxyl groups excluding tert-OH is 1. The van der Waals surface area contributed by atoms with Gasteiger partial charge in [0.25, 0.3) is 0 Å². The van der Waals surface area contributed by atoms with Crippen LogP contribution in [-0.4, -0.2) is 36.9 Å². The fourth-order valence-electron chi connectivity index (χ4n) is 2.18. The summed E-state index contributed by atoms with van der Waals surface area (Å²) in [6.07, 6.45) is 3.26. The summed E-state index contributed by atoms with van der Waals surface area (Å²) in [6, 6.07) is -0.123. The van der Waals surface area contributed by atoms with Crippen molar-refractivity contribution in [2.45, 2.75) is 39.3 Å². The van der Waals surface area contributed by atoms with Gasteiger partial charge in [-0.2, -0.15) is 4.98 Å². The molecule has 2 rings (SSSR count). The van der Waals surface area contributed by atoms with Crippen molar-refractivity contribution in [3.63, 3.8) is 0 Å². The highest BCUT2D eigenvalue weighted by molar-refractivity contribution is 5.83. The van der Waals surface area contributed by atoms with Crippen LogP contribution in [0.4, 0.5) is 5.82 Å². The third-order valence-electron chi connectivity index (χ3n) is 3.34. The Balaban J connectivity index is 2.58. The molecule has 0 aliphatic heterocycles. The number of aliphatic hydroxyl groups is 1. The molecule has 2 heterocycles. The van der Waals surface area contributed by atoms with Gasteiger partial charge < -0.3 is 15.0 Å². The highest BCUT2D eigenvalue weighted by Gasteiger charge is 2.16. The zero-order valence-corrected chi connectivity index (χ0v) is 12.1. The molecule has 1 atom stereocenters. The number of nitrogens with one attached hydrogen (secondary N) is 1. The number of anilines is 1. The summed E-state index contributed by atoms with van der Waals surface area (Å²) in [6.45, 7) is 4.56. The number of hydrogen-bond donors (Lipinski definition) is 2. The summed E-state index contributed by atoms with van der Waals surface area (Å²) in [5, 5.41) is 12.4. The Hall–Kier alpha value is -1.89. The van der Waals surface area contributed by atoms with Crippen molar-refractivity contribution in [1.82, 2.24) is 19.1 Å². The maximum atomic E-state index is 12.1. The molecule has 0 saturated heterocycles. The molecule has 0 bridgehead atoms. The van der Waals surface area contributed by atoms with E-state index in [1.807, 2.05) is 25.5 Å². The number of aromatic nitrogens is 4. The molecular weight excluding hydrogens is 258 g/mol. The van der Waals surface area contributed by atoms with Crippen LogP contribution >= 0.6 is 0 Å². The van der Waals surface area contributed by atoms with Crippen molar-refractivity contribution in [2.24, 2.45) is 7.05 Å². The van der Waals surface area contributed by atoms with E-state index in [9.17, 15) is 9.90 Å². The van der Waals surface area contributed by atoms with Crippen LogP contribution in [0.15, 0.2) is 11.1 Å². The predicted octanol–water partition coefficient (Wildman–Crippen LogP) is 0.723. The Bertz CT molecular complexity index is 642. The minimum atomic E-state index is -0.312. The first-order valence-electron chi connectivity index (χ1n) is 6.91. The third kappa shape index (κ3) is 2.53. The van der Waals surface area contributed by atoms with Crippen LogP contribution in [0.25, 0.3) is 11.2 Å². The minimum Gasteiger partial charge on any atom is -0.394 e. The number of imidazole rings is 1. The summed E-state index contributed by atoms with van der Waals surface area (Å²) >= 11 is 0. The van der Waals surface area contributed by atoms with Gasteiger partial charge in [0, 0.05) is 13.6 Å². The summed E-state index contributed by atoms with van der Waals surface area (Å²) in [5.41, 5.74) is 1.10. The van der Waals surface area contributed by atoms with E-state index in [0.717, 1.165) is 18.4 Å². The quantitative estimate of drug-likeness (QED) is 0.814. The number of rotatable bonds is 6. The van der Waals surface area contributed by atoms with Gasteiger partial charge >= 0.3 is 5.69 Å². The van der Waals surface area contributed by atoms with Crippen molar-refractivity contribution in [2.75, 3.05) is 11.9 Å². The lowest BCUT2D eigenvalue weighted by atomic mass is 10.2. The maximum Gasteiger partial charge on any atom is 0.351 e. The fraction of sp³-hybridized carbons (Fsp3) is 0.615. The molecule has 0 aliphatic rings. The SMILES string of the molecule is CCCn1c(=O)nc(NC(CC)CO)c2c1ncn2C. The van der Waals surface area contributed by atoms with Gasteiger partial charge in [-0.3, -0.25) is 4.57 Å². The zero-order valence-electron chi connectivity index (χ0n) is 12.1. The minimum absolute atomic E-state index is 0.00440. The van der Waals surface area contributed by atoms with Gasteiger partial charge in [-0.25, -0.2) is 9.78 Å². The van der Waals surface area contributed by atoms with E-state index in [4.69, 9.17) is 0 Å². The normalized spacial score (nSPS) is 12.8. The van der Waals surface area contributed by atoms with Crippen LogP contribution in [0.1, 0.15) is 26.7 Å². The molecular formula is C13H21N5O2. The summed E-state index contributed by atoms with van der Waals surface area (Å²) in [4.78, 5) is 20.5. The Labute approximate surface area is 117 Å². The topological polar surface area (TPSA) is 85.0 Å². The first-order chi connectivity index (χ1) is 9.62. The molecule has 0 spiro atoms. The van der Waals surface area contributed by atoms with E-state index in [-0.39, 0.29) is 18.3 Å². The molecule has 0 fully saturated rings. The molecule has 2 aromatic rings. The lowest BCUT2D eigenvalue weighted by molar-refractivity contribution is 0.271. The molecule has 0 saturated carbocycles. The molecule has 0 aliphatic carbocycles. The van der Waals surface area contributed by atoms with Gasteiger partial charge in [-0.05, 0) is 12.8 Å². The summed E-state index contributed by atoms with van der Waals surface area (Å²) in [7, 11) is 1.86. The highest BCUT2D eigenvalue weighted by Crippen LogP contribution is 2.19. The predicted molar refractivity (Wildman–Crippen MR) is 77.8 cm³/mol. The Morgan fingerprint density at radius 3 is 2.80 bits per heavy atom. The van der Waals surface area contributed by atoms with Crippen molar-refractivity contribution in [1.29, 1.82) is 0 Å². The maximum absolute atomic E-state index is 12.1. The molecule has 7 heteroatoms. The average Bonchev–Trinajstić information content (AvgIpc) is 2.82. The van der Waals surface area contributed by atoms with E-state index in [1.165, 1.54) is 0 Å². The van der Waals surface area contributed by atoms with E-state index in [1.54, 1.807) is 10.9 Å². The van der Waals surface area contributed by atoms with Crippen LogP contribution in [0.2, 0.25) is 0 Å². The van der Waals surface area contributed by atoms with Crippen molar-refractivity contribution >= 4 is 17.0 Å². The van der Waals surface area contributed by atoms with Crippen LogP contribution in [-0.2, 0) is 13.6 Å². The number of hydrogen-bond acceptors (Lipinski definition) is 5. The second kappa shape index (κ2) is 6.04. The molecule has 1 unspecified atom stereocenters. The Morgan fingerprint density at radius 1 is 1.45 bits per heavy atom. The van der Waals surface area contributed by atoms with E-state index in [2.05, 4.69) is 15.3 Å². The van der Waals surface area contributed by atoms with Crippen molar-refractivity contribution < 1.29 is 5.11 Å². The average molecular weight is 279 g/mol. The largest absolute Gasteiger partial charge is 0.394 e. The van der Waals surface area contributed by atoms with Crippen LogP contribution in [0, 0.1) is 0 Å². The van der Waals surface area contributed by atoms with Gasteiger partial charge in [0.2, 0.25) is 0 Å². The number of aryl methyl sites for hydroxylation is 2. The van der Waals surface area contributed by atoms with E-state index in [0.29, 0.717) is 18.0 Å². The van der Waals surface area contributed by atoms with Gasteiger partial charge in [0.15, 0.2) is 11.5 Å². The first-order valence-corrected chi connectivity index (χ1v) is 6.91. The number of nitrogens with zero attached hydrogens (tertiary/aromatic N) is 4. The Kier molecular flexibility index (Phi) is 4.39. The third-order valence-corrected chi connectivity index (χ3v) is 3.34. The molecule has 2 N–H and O–H groups in total. The van der Waals surface area contributed by atoms with E-state index < -0.39 is 0 Å². The van der Waals surface area contributed by atoms with Crippen molar-refractivity contribution in [3.05, 3.63) is 16.8 Å². The summed E-state index contributed by atoms with van der Waals surface area (Å²) in [5.74, 6) is 0.484. The monoisotopic (exact) mass is 279 g/mol. The standard InChI is InChI=1S/C13H21N5O2/c1-4-6-18-12-10(17(3)8-14-12)11(16-13(18)20)15-9(5-2)7-19/h8-9,19H,4-7H2,1-3H3,(H,15,16,20). The molecule has 2 aromatic heterocycles. The molecule has 0 amide bonds. The second-order valence-corrected chi connectivity index (χ2v) is 4.85. The lowest BCUT2D eigenvalue weighted by Crippen LogP contribution is -2.29. The molecule has 0 aromatic carbocycles. The second-order valence-electron chi connectivity index (χ2n) is 4.85. The zero-order chi connectivity index (χ0) is 14.7. The fourth-order valence-corrected chi connectivity index (χ4v) is 2.18. The summed E-state index contributed by atoms with van der Waals surface area (Å²) < 4.78 is 3.42. The number of fused-ring (bicyclic) bond motifs is 1. The lowest BCUT2D eigenvalue weighted by Gasteiger charge is -2.16. The van der Waals surface area contributed by atoms with Gasteiger partial charge in [0.05, 0.1) is 19.0 Å². The molecule has 7 nitrogen and oxygen atoms in total. The van der Waals surface area contributed by atoms with Crippen LogP contribution < -0.4 is 11.0 Å². The van der Waals surface area contributed by atoms with Crippen molar-refractivity contribution in [3.8, 4) is 0 Å². The molecule has 110 valence electrons. The van der Waals surface area contributed by atoms with Gasteiger partial charge in [-0.15, -0.1) is 0 Å². The van der Waals surface area contributed by atoms with Gasteiger partial charge in [-0.1, -0.05) is 13.8 Å². The van der Waals surface area contributed by atoms with Crippen LogP contribution in [0.5, 0.6) is 0 Å².